The zero-order valence-corrected chi connectivity index (χ0v) is 8.58. The molecular weight excluding hydrogens is 164 g/mol. The topological polar surface area (TPSA) is 35.5 Å². The summed E-state index contributed by atoms with van der Waals surface area (Å²) in [5, 5.41) is 13.9. The number of hydrogen-bond donors (Lipinski definition) is 2. The number of aliphatic hydroxyl groups is 1. The first kappa shape index (κ1) is 9.44. The van der Waals surface area contributed by atoms with E-state index in [2.05, 4.69) is 10.2 Å². The molecule has 3 atom stereocenters. The quantitative estimate of drug-likeness (QED) is 0.643. The van der Waals surface area contributed by atoms with Crippen LogP contribution in [0.4, 0.5) is 0 Å². The van der Waals surface area contributed by atoms with Crippen molar-refractivity contribution < 1.29 is 5.11 Å². The normalized spacial score (nSPS) is 44.3. The molecule has 0 radical (unpaired) electrons. The van der Waals surface area contributed by atoms with E-state index in [1.165, 1.54) is 12.8 Å². The second-order valence-corrected chi connectivity index (χ2v) is 5.01. The summed E-state index contributed by atoms with van der Waals surface area (Å²) in [5.41, 5.74) is -0.430. The van der Waals surface area contributed by atoms with E-state index in [-0.39, 0.29) is 0 Å². The molecule has 2 N–H and O–H groups in total. The highest BCUT2D eigenvalue weighted by atomic mass is 16.3. The zero-order chi connectivity index (χ0) is 9.47. The fourth-order valence-corrected chi connectivity index (χ4v) is 2.94. The zero-order valence-electron chi connectivity index (χ0n) is 8.58. The first-order valence-corrected chi connectivity index (χ1v) is 5.21. The summed E-state index contributed by atoms with van der Waals surface area (Å²) in [5.74, 6) is 0. The monoisotopic (exact) mass is 184 g/mol. The van der Waals surface area contributed by atoms with Gasteiger partial charge in [0.05, 0.1) is 5.60 Å². The van der Waals surface area contributed by atoms with Crippen molar-refractivity contribution in [1.82, 2.24) is 10.2 Å². The molecule has 76 valence electrons. The number of likely N-dealkylation sites (N-methyl/N-ethyl adjacent to an activating group) is 1. The molecule has 1 unspecified atom stereocenters. The Morgan fingerprint density at radius 3 is 2.31 bits per heavy atom. The van der Waals surface area contributed by atoms with Gasteiger partial charge >= 0.3 is 0 Å². The first-order valence-electron chi connectivity index (χ1n) is 5.21. The van der Waals surface area contributed by atoms with E-state index in [0.29, 0.717) is 12.1 Å². The van der Waals surface area contributed by atoms with E-state index in [4.69, 9.17) is 0 Å². The predicted molar refractivity (Wildman–Crippen MR) is 52.7 cm³/mol. The fourth-order valence-electron chi connectivity index (χ4n) is 2.94. The highest BCUT2D eigenvalue weighted by Crippen LogP contribution is 2.34. The van der Waals surface area contributed by atoms with E-state index in [9.17, 15) is 5.11 Å². The SMILES string of the molecule is CN(C)CC1(O)C[C@H]2CC[C@@H](C1)N2. The van der Waals surface area contributed by atoms with Crippen LogP contribution in [0, 0.1) is 0 Å². The lowest BCUT2D eigenvalue weighted by atomic mass is 9.87. The highest BCUT2D eigenvalue weighted by Gasteiger charge is 2.42. The highest BCUT2D eigenvalue weighted by molar-refractivity contribution is 5.00. The minimum atomic E-state index is -0.430. The predicted octanol–water partition coefficient (Wildman–Crippen LogP) is 0.193. The second kappa shape index (κ2) is 3.23. The van der Waals surface area contributed by atoms with Gasteiger partial charge in [-0.3, -0.25) is 0 Å². The molecule has 2 saturated heterocycles. The maximum atomic E-state index is 10.3. The molecule has 3 heteroatoms. The van der Waals surface area contributed by atoms with Crippen molar-refractivity contribution in [3.05, 3.63) is 0 Å². The molecule has 0 spiro atoms. The van der Waals surface area contributed by atoms with E-state index in [1.54, 1.807) is 0 Å². The number of rotatable bonds is 2. The van der Waals surface area contributed by atoms with Crippen LogP contribution in [0.5, 0.6) is 0 Å². The van der Waals surface area contributed by atoms with Crippen LogP contribution in [0.25, 0.3) is 0 Å². The summed E-state index contributed by atoms with van der Waals surface area (Å²) < 4.78 is 0. The van der Waals surface area contributed by atoms with Gasteiger partial charge in [-0.05, 0) is 39.8 Å². The van der Waals surface area contributed by atoms with Crippen LogP contribution in [0.2, 0.25) is 0 Å². The third-order valence-corrected chi connectivity index (χ3v) is 3.20. The second-order valence-electron chi connectivity index (χ2n) is 5.01. The van der Waals surface area contributed by atoms with Gasteiger partial charge in [0.1, 0.15) is 0 Å². The summed E-state index contributed by atoms with van der Waals surface area (Å²) in [6, 6.07) is 1.15. The van der Waals surface area contributed by atoms with Crippen LogP contribution in [0.3, 0.4) is 0 Å². The van der Waals surface area contributed by atoms with Gasteiger partial charge in [0.2, 0.25) is 0 Å². The molecule has 3 nitrogen and oxygen atoms in total. The summed E-state index contributed by atoms with van der Waals surface area (Å²) in [6.07, 6.45) is 4.37. The van der Waals surface area contributed by atoms with Gasteiger partial charge in [-0.25, -0.2) is 0 Å². The molecule has 0 aromatic heterocycles. The van der Waals surface area contributed by atoms with Gasteiger partial charge in [-0.2, -0.15) is 0 Å². The lowest BCUT2D eigenvalue weighted by Crippen LogP contribution is -2.52. The first-order chi connectivity index (χ1) is 6.07. The summed E-state index contributed by atoms with van der Waals surface area (Å²) in [7, 11) is 4.06. The van der Waals surface area contributed by atoms with Crippen LogP contribution in [-0.2, 0) is 0 Å². The van der Waals surface area contributed by atoms with Crippen molar-refractivity contribution in [2.75, 3.05) is 20.6 Å². The van der Waals surface area contributed by atoms with Gasteiger partial charge < -0.3 is 15.3 Å². The molecule has 0 saturated carbocycles. The molecule has 0 aliphatic carbocycles. The van der Waals surface area contributed by atoms with Crippen LogP contribution >= 0.6 is 0 Å². The number of fused-ring (bicyclic) bond motifs is 2. The lowest BCUT2D eigenvalue weighted by molar-refractivity contribution is -0.0252. The Bertz CT molecular complexity index is 181. The minimum absolute atomic E-state index is 0.430. The van der Waals surface area contributed by atoms with Crippen molar-refractivity contribution in [3.8, 4) is 0 Å². The largest absolute Gasteiger partial charge is 0.388 e. The van der Waals surface area contributed by atoms with Gasteiger partial charge in [0.25, 0.3) is 0 Å². The average molecular weight is 184 g/mol. The number of nitrogens with one attached hydrogen (secondary N) is 1. The summed E-state index contributed by atoms with van der Waals surface area (Å²) >= 11 is 0. The maximum absolute atomic E-state index is 10.3. The Morgan fingerprint density at radius 2 is 1.85 bits per heavy atom. The minimum Gasteiger partial charge on any atom is -0.388 e. The molecule has 13 heavy (non-hydrogen) atoms. The Balaban J connectivity index is 1.99. The van der Waals surface area contributed by atoms with Crippen molar-refractivity contribution in [2.45, 2.75) is 43.4 Å². The standard InChI is InChI=1S/C10H20N2O/c1-12(2)7-10(13)5-8-3-4-9(6-10)11-8/h8-9,11,13H,3-7H2,1-2H3/t8-,9+,10?. The van der Waals surface area contributed by atoms with Crippen LogP contribution in [0.1, 0.15) is 25.7 Å². The molecule has 2 rings (SSSR count). The molecule has 0 aromatic rings. The molecule has 2 heterocycles. The third kappa shape index (κ3) is 2.03. The summed E-state index contributed by atoms with van der Waals surface area (Å²) in [4.78, 5) is 2.09. The van der Waals surface area contributed by atoms with E-state index in [0.717, 1.165) is 19.4 Å². The smallest absolute Gasteiger partial charge is 0.0803 e. The van der Waals surface area contributed by atoms with E-state index >= 15 is 0 Å². The Morgan fingerprint density at radius 1 is 1.31 bits per heavy atom. The van der Waals surface area contributed by atoms with Crippen molar-refractivity contribution in [2.24, 2.45) is 0 Å². The average Bonchev–Trinajstić information content (AvgIpc) is 2.27. The van der Waals surface area contributed by atoms with Crippen molar-refractivity contribution in [3.63, 3.8) is 0 Å². The van der Waals surface area contributed by atoms with Crippen LogP contribution < -0.4 is 5.32 Å². The molecule has 2 fully saturated rings. The lowest BCUT2D eigenvalue weighted by Gasteiger charge is -2.38. The Hall–Kier alpha value is -0.120. The molecular formula is C10H20N2O. The van der Waals surface area contributed by atoms with Gasteiger partial charge in [-0.1, -0.05) is 0 Å². The fraction of sp³-hybridized carbons (Fsp3) is 1.00. The molecule has 2 aliphatic rings. The van der Waals surface area contributed by atoms with Gasteiger partial charge in [-0.15, -0.1) is 0 Å². The number of nitrogens with zero attached hydrogens (tertiary/aromatic N) is 1. The van der Waals surface area contributed by atoms with Gasteiger partial charge in [0, 0.05) is 18.6 Å². The van der Waals surface area contributed by atoms with E-state index < -0.39 is 5.60 Å². The number of piperidine rings is 1. The summed E-state index contributed by atoms with van der Waals surface area (Å²) in [6.45, 7) is 0.807. The number of hydrogen-bond acceptors (Lipinski definition) is 3. The third-order valence-electron chi connectivity index (χ3n) is 3.20. The molecule has 2 aliphatic heterocycles. The van der Waals surface area contributed by atoms with Crippen LogP contribution in [0.15, 0.2) is 0 Å². The Kier molecular flexibility index (Phi) is 2.34. The van der Waals surface area contributed by atoms with Crippen molar-refractivity contribution in [1.29, 1.82) is 0 Å². The van der Waals surface area contributed by atoms with Crippen molar-refractivity contribution >= 4 is 0 Å². The molecule has 0 amide bonds. The van der Waals surface area contributed by atoms with Crippen LogP contribution in [-0.4, -0.2) is 48.3 Å². The maximum Gasteiger partial charge on any atom is 0.0803 e. The molecule has 0 aromatic carbocycles. The molecule has 2 bridgehead atoms. The van der Waals surface area contributed by atoms with E-state index in [1.807, 2.05) is 14.1 Å². The Labute approximate surface area is 80.1 Å². The van der Waals surface area contributed by atoms with Gasteiger partial charge in [0.15, 0.2) is 0 Å².